The van der Waals surface area contributed by atoms with Gasteiger partial charge in [-0.15, -0.1) is 0 Å². The number of benzene rings is 1. The van der Waals surface area contributed by atoms with E-state index in [0.29, 0.717) is 23.7 Å². The fourth-order valence-electron chi connectivity index (χ4n) is 2.82. The normalized spacial score (nSPS) is 10.3. The van der Waals surface area contributed by atoms with E-state index in [4.69, 9.17) is 9.47 Å². The summed E-state index contributed by atoms with van der Waals surface area (Å²) in [4.78, 5) is 31.9. The third kappa shape index (κ3) is 5.70. The van der Waals surface area contributed by atoms with Crippen LogP contribution in [0.15, 0.2) is 42.7 Å². The number of hydrogen-bond donors (Lipinski definition) is 0. The van der Waals surface area contributed by atoms with Gasteiger partial charge >= 0.3 is 0 Å². The molecular weight excluding hydrogens is 358 g/mol. The first-order chi connectivity index (χ1) is 13.5. The molecule has 7 heteroatoms. The molecule has 0 N–H and O–H groups in total. The zero-order valence-corrected chi connectivity index (χ0v) is 16.8. The molecule has 2 aromatic rings. The molecule has 0 radical (unpaired) electrons. The number of likely N-dealkylation sites (N-methyl/N-ethyl adjacent to an activating group) is 1. The predicted octanol–water partition coefficient (Wildman–Crippen LogP) is 2.54. The van der Waals surface area contributed by atoms with E-state index in [0.717, 1.165) is 12.0 Å². The monoisotopic (exact) mass is 385 g/mol. The second kappa shape index (κ2) is 10.3. The number of rotatable bonds is 9. The zero-order valence-electron chi connectivity index (χ0n) is 16.8. The van der Waals surface area contributed by atoms with Crippen LogP contribution in [0.5, 0.6) is 11.5 Å². The van der Waals surface area contributed by atoms with Crippen LogP contribution in [0.4, 0.5) is 5.69 Å². The number of carbonyl (C=O) groups is 2. The Balaban J connectivity index is 1.99. The van der Waals surface area contributed by atoms with Crippen LogP contribution in [0.3, 0.4) is 0 Å². The molecule has 1 aromatic carbocycles. The van der Waals surface area contributed by atoms with Crippen LogP contribution in [0.2, 0.25) is 0 Å². The van der Waals surface area contributed by atoms with E-state index < -0.39 is 0 Å². The first-order valence-electron chi connectivity index (χ1n) is 9.09. The summed E-state index contributed by atoms with van der Waals surface area (Å²) in [6.07, 6.45) is 4.46. The fourth-order valence-corrected chi connectivity index (χ4v) is 2.82. The molecule has 7 nitrogen and oxygen atoms in total. The molecule has 1 heterocycles. The van der Waals surface area contributed by atoms with Gasteiger partial charge in [0.25, 0.3) is 0 Å². The maximum absolute atomic E-state index is 12.5. The van der Waals surface area contributed by atoms with E-state index in [9.17, 15) is 9.59 Å². The lowest BCUT2D eigenvalue weighted by atomic mass is 10.2. The molecule has 2 amide bonds. The maximum atomic E-state index is 12.5. The number of methoxy groups -OCH3 is 2. The van der Waals surface area contributed by atoms with E-state index in [-0.39, 0.29) is 24.8 Å². The number of carbonyl (C=O) groups excluding carboxylic acids is 2. The minimum Gasteiger partial charge on any atom is -0.497 e. The van der Waals surface area contributed by atoms with Gasteiger partial charge in [-0.2, -0.15) is 0 Å². The number of ether oxygens (including phenoxy) is 2. The fraction of sp³-hybridized carbons (Fsp3) is 0.381. The summed E-state index contributed by atoms with van der Waals surface area (Å²) < 4.78 is 10.6. The SMILES string of the molecule is COc1ccc(N(CCC(=O)N(C)CCc2ccncc2)C(C)=O)c(OC)c1. The van der Waals surface area contributed by atoms with Crippen LogP contribution in [0.25, 0.3) is 0 Å². The van der Waals surface area contributed by atoms with E-state index in [1.807, 2.05) is 12.1 Å². The van der Waals surface area contributed by atoms with Crippen LogP contribution < -0.4 is 14.4 Å². The second-order valence-corrected chi connectivity index (χ2v) is 6.38. The van der Waals surface area contributed by atoms with Gasteiger partial charge in [-0.1, -0.05) is 0 Å². The van der Waals surface area contributed by atoms with Crippen LogP contribution in [0, 0.1) is 0 Å². The third-order valence-corrected chi connectivity index (χ3v) is 4.52. The van der Waals surface area contributed by atoms with Crippen molar-refractivity contribution in [1.29, 1.82) is 0 Å². The highest BCUT2D eigenvalue weighted by Gasteiger charge is 2.19. The molecule has 28 heavy (non-hydrogen) atoms. The van der Waals surface area contributed by atoms with Crippen LogP contribution in [0.1, 0.15) is 18.9 Å². The second-order valence-electron chi connectivity index (χ2n) is 6.38. The lowest BCUT2D eigenvalue weighted by Gasteiger charge is -2.25. The number of amides is 2. The average Bonchev–Trinajstić information content (AvgIpc) is 2.72. The Bertz CT molecular complexity index is 795. The topological polar surface area (TPSA) is 72.0 Å². The summed E-state index contributed by atoms with van der Waals surface area (Å²) in [5.74, 6) is 0.979. The van der Waals surface area contributed by atoms with Crippen LogP contribution in [-0.2, 0) is 16.0 Å². The van der Waals surface area contributed by atoms with Crippen molar-refractivity contribution in [3.63, 3.8) is 0 Å². The first-order valence-corrected chi connectivity index (χ1v) is 9.09. The quantitative estimate of drug-likeness (QED) is 0.663. The summed E-state index contributed by atoms with van der Waals surface area (Å²) >= 11 is 0. The van der Waals surface area contributed by atoms with Crippen molar-refractivity contribution in [2.45, 2.75) is 19.8 Å². The molecule has 0 aliphatic rings. The number of pyridine rings is 1. The van der Waals surface area contributed by atoms with Gasteiger partial charge in [-0.3, -0.25) is 14.6 Å². The van der Waals surface area contributed by atoms with Crippen molar-refractivity contribution in [2.75, 3.05) is 39.3 Å². The van der Waals surface area contributed by atoms with Gasteiger partial charge in [-0.05, 0) is 36.2 Å². The molecular formula is C21H27N3O4. The Morgan fingerprint density at radius 2 is 1.75 bits per heavy atom. The summed E-state index contributed by atoms with van der Waals surface area (Å²) in [7, 11) is 4.88. The molecule has 0 saturated carbocycles. The average molecular weight is 385 g/mol. The first kappa shape index (κ1) is 21.2. The molecule has 0 aliphatic heterocycles. The molecule has 0 atom stereocenters. The van der Waals surface area contributed by atoms with Gasteiger partial charge in [-0.25, -0.2) is 0 Å². The van der Waals surface area contributed by atoms with Crippen molar-refractivity contribution in [3.05, 3.63) is 48.3 Å². The van der Waals surface area contributed by atoms with E-state index >= 15 is 0 Å². The highest BCUT2D eigenvalue weighted by atomic mass is 16.5. The maximum Gasteiger partial charge on any atom is 0.224 e. The molecule has 2 rings (SSSR count). The lowest BCUT2D eigenvalue weighted by Crippen LogP contribution is -2.35. The summed E-state index contributed by atoms with van der Waals surface area (Å²) in [5.41, 5.74) is 1.74. The smallest absolute Gasteiger partial charge is 0.224 e. The predicted molar refractivity (Wildman–Crippen MR) is 108 cm³/mol. The molecule has 1 aromatic heterocycles. The molecule has 0 spiro atoms. The van der Waals surface area contributed by atoms with Crippen molar-refractivity contribution in [3.8, 4) is 11.5 Å². The van der Waals surface area contributed by atoms with Crippen molar-refractivity contribution >= 4 is 17.5 Å². The standard InChI is InChI=1S/C21H27N3O4/c1-16(25)24(19-6-5-18(27-3)15-20(19)28-4)14-10-21(26)23(2)13-9-17-7-11-22-12-8-17/h5-8,11-12,15H,9-10,13-14H2,1-4H3. The Morgan fingerprint density at radius 3 is 2.36 bits per heavy atom. The highest BCUT2D eigenvalue weighted by molar-refractivity contribution is 5.94. The molecule has 0 unspecified atom stereocenters. The summed E-state index contributed by atoms with van der Waals surface area (Å²) in [6.45, 7) is 2.35. The minimum atomic E-state index is -0.157. The lowest BCUT2D eigenvalue weighted by molar-refractivity contribution is -0.129. The van der Waals surface area contributed by atoms with Gasteiger partial charge in [0.05, 0.1) is 19.9 Å². The van der Waals surface area contributed by atoms with Crippen molar-refractivity contribution < 1.29 is 19.1 Å². The Morgan fingerprint density at radius 1 is 1.04 bits per heavy atom. The third-order valence-electron chi connectivity index (χ3n) is 4.52. The van der Waals surface area contributed by atoms with Crippen molar-refractivity contribution in [1.82, 2.24) is 9.88 Å². The molecule has 150 valence electrons. The molecule has 0 aliphatic carbocycles. The van der Waals surface area contributed by atoms with Crippen molar-refractivity contribution in [2.24, 2.45) is 0 Å². The largest absolute Gasteiger partial charge is 0.497 e. The number of hydrogen-bond acceptors (Lipinski definition) is 5. The number of nitrogens with zero attached hydrogens (tertiary/aromatic N) is 3. The van der Waals surface area contributed by atoms with Gasteiger partial charge in [0, 0.05) is 51.9 Å². The van der Waals surface area contributed by atoms with Gasteiger partial charge < -0.3 is 19.3 Å². The minimum absolute atomic E-state index is 0.0206. The highest BCUT2D eigenvalue weighted by Crippen LogP contribution is 2.32. The Labute approximate surface area is 165 Å². The summed E-state index contributed by atoms with van der Waals surface area (Å²) in [6, 6.07) is 9.11. The zero-order chi connectivity index (χ0) is 20.5. The van der Waals surface area contributed by atoms with Crippen LogP contribution >= 0.6 is 0 Å². The van der Waals surface area contributed by atoms with Gasteiger partial charge in [0.15, 0.2) is 0 Å². The van der Waals surface area contributed by atoms with E-state index in [1.54, 1.807) is 54.6 Å². The summed E-state index contributed by atoms with van der Waals surface area (Å²) in [5, 5.41) is 0. The Kier molecular flexibility index (Phi) is 7.80. The van der Waals surface area contributed by atoms with Crippen LogP contribution in [-0.4, -0.2) is 56.1 Å². The molecule has 0 saturated heterocycles. The number of anilines is 1. The van der Waals surface area contributed by atoms with E-state index in [2.05, 4.69) is 4.98 Å². The van der Waals surface area contributed by atoms with E-state index in [1.165, 1.54) is 14.0 Å². The molecule has 0 bridgehead atoms. The Hall–Kier alpha value is -3.09. The van der Waals surface area contributed by atoms with Gasteiger partial charge in [0.1, 0.15) is 11.5 Å². The number of aromatic nitrogens is 1. The van der Waals surface area contributed by atoms with Gasteiger partial charge in [0.2, 0.25) is 11.8 Å². The molecule has 0 fully saturated rings.